The van der Waals surface area contributed by atoms with E-state index < -0.39 is 14.3 Å². The van der Waals surface area contributed by atoms with Crippen molar-refractivity contribution in [3.05, 3.63) is 78.1 Å². The van der Waals surface area contributed by atoms with E-state index in [9.17, 15) is 4.79 Å². The van der Waals surface area contributed by atoms with Gasteiger partial charge in [0.1, 0.15) is 5.44 Å². The van der Waals surface area contributed by atoms with Gasteiger partial charge in [0.15, 0.2) is 5.69 Å². The van der Waals surface area contributed by atoms with Crippen LogP contribution in [0.5, 0.6) is 0 Å². The fraction of sp³-hybridized carbons (Fsp3) is 0.333. The topological polar surface area (TPSA) is 64.2 Å². The number of hydrogen-bond acceptors (Lipinski definition) is 5. The molecule has 0 saturated heterocycles. The molecule has 1 N–H and O–H groups in total. The number of carbonyl (C=O) groups excluding carboxylic acids is 1. The molecule has 1 aromatic heterocycles. The van der Waals surface area contributed by atoms with Crippen LogP contribution in [0, 0.1) is 0 Å². The summed E-state index contributed by atoms with van der Waals surface area (Å²) in [4.78, 5) is 12.1. The molecule has 0 bridgehead atoms. The molecular weight excluding hydrogens is 424 g/mol. The summed E-state index contributed by atoms with van der Waals surface area (Å²) in [6.07, 6.45) is 2.01. The van der Waals surface area contributed by atoms with E-state index in [0.717, 1.165) is 5.69 Å². The molecule has 0 aliphatic rings. The molecular formula is C24H30N2O3SSi. The summed E-state index contributed by atoms with van der Waals surface area (Å²) < 4.78 is 12.2. The number of thioether (sulfide) groups is 1. The number of esters is 1. The van der Waals surface area contributed by atoms with Crippen LogP contribution in [0.3, 0.4) is 0 Å². The lowest BCUT2D eigenvalue weighted by Crippen LogP contribution is -2.66. The largest absolute Gasteiger partial charge is 0.461 e. The van der Waals surface area contributed by atoms with Gasteiger partial charge in [0.05, 0.1) is 12.3 Å². The standard InChI is InChI=1S/C24H30N2O3SSi/c1-6-28-22(27)20-17-21(26-25-20)23(30-5)29-31(24(2,3)4,18-13-9-7-10-14-18)19-15-11-8-12-16-19/h7-17,23H,6H2,1-5H3,(H,25,26)/t23-/m0/s1. The van der Waals surface area contributed by atoms with Gasteiger partial charge in [0.25, 0.3) is 8.32 Å². The molecule has 0 unspecified atom stereocenters. The Morgan fingerprint density at radius 1 is 1.06 bits per heavy atom. The normalized spacial score (nSPS) is 13.1. The van der Waals surface area contributed by atoms with E-state index in [4.69, 9.17) is 9.16 Å². The number of hydrogen-bond donors (Lipinski definition) is 1. The fourth-order valence-corrected chi connectivity index (χ4v) is 9.51. The van der Waals surface area contributed by atoms with Gasteiger partial charge in [-0.2, -0.15) is 5.10 Å². The van der Waals surface area contributed by atoms with Gasteiger partial charge in [-0.25, -0.2) is 4.79 Å². The zero-order valence-electron chi connectivity index (χ0n) is 18.7. The summed E-state index contributed by atoms with van der Waals surface area (Å²) in [6.45, 7) is 8.82. The minimum atomic E-state index is -2.73. The third-order valence-electron chi connectivity index (χ3n) is 5.25. The lowest BCUT2D eigenvalue weighted by molar-refractivity contribution is 0.0519. The highest BCUT2D eigenvalue weighted by Crippen LogP contribution is 2.42. The molecule has 2 aromatic carbocycles. The third-order valence-corrected chi connectivity index (χ3v) is 11.2. The summed E-state index contributed by atoms with van der Waals surface area (Å²) in [5.41, 5.74) is 0.701. The third kappa shape index (κ3) is 4.79. The summed E-state index contributed by atoms with van der Waals surface area (Å²) in [7, 11) is -2.73. The molecule has 0 fully saturated rings. The van der Waals surface area contributed by atoms with E-state index in [0.29, 0.717) is 6.61 Å². The van der Waals surface area contributed by atoms with E-state index in [2.05, 4.69) is 79.5 Å². The average Bonchev–Trinajstić information content (AvgIpc) is 3.25. The Morgan fingerprint density at radius 2 is 1.61 bits per heavy atom. The maximum atomic E-state index is 12.1. The minimum Gasteiger partial charge on any atom is -0.461 e. The lowest BCUT2D eigenvalue weighted by atomic mass is 10.2. The number of nitrogens with one attached hydrogen (secondary N) is 1. The Hall–Kier alpha value is -2.35. The number of rotatable bonds is 8. The van der Waals surface area contributed by atoms with Crippen molar-refractivity contribution in [3.63, 3.8) is 0 Å². The monoisotopic (exact) mass is 454 g/mol. The highest BCUT2D eigenvalue weighted by atomic mass is 32.2. The van der Waals surface area contributed by atoms with Crippen molar-refractivity contribution in [1.82, 2.24) is 10.2 Å². The summed E-state index contributed by atoms with van der Waals surface area (Å²) in [5.74, 6) is -0.435. The van der Waals surface area contributed by atoms with Crippen molar-refractivity contribution in [2.75, 3.05) is 12.9 Å². The number of benzene rings is 2. The van der Waals surface area contributed by atoms with Gasteiger partial charge >= 0.3 is 5.97 Å². The second-order valence-corrected chi connectivity index (χ2v) is 13.4. The molecule has 0 radical (unpaired) electrons. The van der Waals surface area contributed by atoms with Gasteiger partial charge in [-0.3, -0.25) is 5.10 Å². The Morgan fingerprint density at radius 3 is 2.06 bits per heavy atom. The van der Waals surface area contributed by atoms with Gasteiger partial charge < -0.3 is 9.16 Å². The smallest absolute Gasteiger partial charge is 0.358 e. The zero-order valence-corrected chi connectivity index (χ0v) is 20.5. The second-order valence-electron chi connectivity index (χ2n) is 8.28. The van der Waals surface area contributed by atoms with Crippen molar-refractivity contribution < 1.29 is 14.0 Å². The predicted octanol–water partition coefficient (Wildman–Crippen LogP) is 4.52. The van der Waals surface area contributed by atoms with E-state index in [1.54, 1.807) is 24.8 Å². The first-order chi connectivity index (χ1) is 14.8. The van der Waals surface area contributed by atoms with Crippen LogP contribution in [0.4, 0.5) is 0 Å². The first-order valence-corrected chi connectivity index (χ1v) is 13.6. The van der Waals surface area contributed by atoms with E-state index in [1.807, 2.05) is 18.4 Å². The molecule has 31 heavy (non-hydrogen) atoms. The maximum Gasteiger partial charge on any atom is 0.358 e. The van der Waals surface area contributed by atoms with Crippen LogP contribution >= 0.6 is 11.8 Å². The van der Waals surface area contributed by atoms with Crippen LogP contribution in [0.25, 0.3) is 0 Å². The Labute approximate surface area is 189 Å². The highest BCUT2D eigenvalue weighted by Gasteiger charge is 2.51. The lowest BCUT2D eigenvalue weighted by Gasteiger charge is -2.44. The van der Waals surface area contributed by atoms with Crippen molar-refractivity contribution in [2.45, 2.75) is 38.2 Å². The molecule has 3 aromatic rings. The number of H-pyrrole nitrogens is 1. The number of nitrogens with zero attached hydrogens (tertiary/aromatic N) is 1. The minimum absolute atomic E-state index is 0.145. The molecule has 0 amide bonds. The van der Waals surface area contributed by atoms with Crippen molar-refractivity contribution in [2.24, 2.45) is 0 Å². The Kier molecular flexibility index (Phi) is 7.41. The molecule has 5 nitrogen and oxygen atoms in total. The van der Waals surface area contributed by atoms with Crippen LogP contribution in [0.1, 0.15) is 49.3 Å². The first kappa shape index (κ1) is 23.3. The number of aromatic nitrogens is 2. The highest BCUT2D eigenvalue weighted by molar-refractivity contribution is 7.98. The molecule has 0 spiro atoms. The van der Waals surface area contributed by atoms with Crippen LogP contribution in [0.2, 0.25) is 5.04 Å². The molecule has 3 rings (SSSR count). The molecule has 0 saturated carbocycles. The van der Waals surface area contributed by atoms with Crippen molar-refractivity contribution in [1.29, 1.82) is 0 Å². The molecule has 164 valence electrons. The van der Waals surface area contributed by atoms with Crippen LogP contribution < -0.4 is 10.4 Å². The van der Waals surface area contributed by atoms with Gasteiger partial charge in [0, 0.05) is 0 Å². The van der Waals surface area contributed by atoms with E-state index in [-0.39, 0.29) is 16.2 Å². The first-order valence-electron chi connectivity index (χ1n) is 10.4. The average molecular weight is 455 g/mol. The van der Waals surface area contributed by atoms with Crippen LogP contribution in [-0.4, -0.2) is 37.3 Å². The van der Waals surface area contributed by atoms with Crippen LogP contribution in [-0.2, 0) is 9.16 Å². The number of aromatic amines is 1. The number of ether oxygens (including phenoxy) is 1. The van der Waals surface area contributed by atoms with Crippen LogP contribution in [0.15, 0.2) is 66.7 Å². The van der Waals surface area contributed by atoms with Gasteiger partial charge in [-0.05, 0) is 34.7 Å². The van der Waals surface area contributed by atoms with Gasteiger partial charge in [-0.15, -0.1) is 11.8 Å². The van der Waals surface area contributed by atoms with Crippen molar-refractivity contribution >= 4 is 36.4 Å². The van der Waals surface area contributed by atoms with Gasteiger partial charge in [-0.1, -0.05) is 81.4 Å². The number of carbonyl (C=O) groups is 1. The fourth-order valence-electron chi connectivity index (χ4n) is 3.86. The Balaban J connectivity index is 2.11. The summed E-state index contributed by atoms with van der Waals surface area (Å²) >= 11 is 1.58. The summed E-state index contributed by atoms with van der Waals surface area (Å²) in [5, 5.41) is 9.43. The maximum absolute atomic E-state index is 12.1. The molecule has 7 heteroatoms. The quantitative estimate of drug-likeness (QED) is 0.308. The van der Waals surface area contributed by atoms with Crippen molar-refractivity contribution in [3.8, 4) is 0 Å². The van der Waals surface area contributed by atoms with Gasteiger partial charge in [0.2, 0.25) is 0 Å². The second kappa shape index (κ2) is 9.85. The molecule has 0 aliphatic carbocycles. The Bertz CT molecular complexity index is 947. The van der Waals surface area contributed by atoms with E-state index in [1.165, 1.54) is 10.4 Å². The molecule has 0 aliphatic heterocycles. The SMILES string of the molecule is CCOC(=O)c1cc([C@@H](O[Si](c2ccccc2)(c2ccccc2)C(C)(C)C)SC)[nH]n1. The summed E-state index contributed by atoms with van der Waals surface area (Å²) in [6, 6.07) is 22.7. The molecule has 1 atom stereocenters. The predicted molar refractivity (Wildman–Crippen MR) is 130 cm³/mol. The zero-order chi connectivity index (χ0) is 22.5. The van der Waals surface area contributed by atoms with E-state index >= 15 is 0 Å². The molecule has 1 heterocycles.